The number of aliphatic hydroxyl groups is 2. The molecule has 2 N–H and O–H groups in total. The molecule has 0 aliphatic heterocycles. The molecule has 9 heteroatoms. The maximum absolute atomic E-state index is 12.3. The number of hydrogen-bond donors (Lipinski definition) is 2. The number of rotatable bonds is 6. The topological polar surface area (TPSA) is 79.8 Å². The predicted octanol–water partition coefficient (Wildman–Crippen LogP) is 0.0440. The molecule has 0 spiro atoms. The lowest BCUT2D eigenvalue weighted by Crippen LogP contribution is -2.31. The molecule has 1 aromatic rings. The molecule has 1 aromatic heterocycles. The minimum Gasteiger partial charge on any atom is -0.396 e. The third-order valence-electron chi connectivity index (χ3n) is 2.50. The smallest absolute Gasteiger partial charge is 0.396 e. The molecule has 1 rings (SSSR count). The fourth-order valence-corrected chi connectivity index (χ4v) is 1.57. The SMILES string of the molecule is O=C(N=c1n(CCCO)ccn1CCCO)C(F)(F)F. The highest BCUT2D eigenvalue weighted by atomic mass is 19.4. The lowest BCUT2D eigenvalue weighted by molar-refractivity contribution is -0.169. The Morgan fingerprint density at radius 2 is 1.55 bits per heavy atom. The molecule has 20 heavy (non-hydrogen) atoms. The van der Waals surface area contributed by atoms with Crippen LogP contribution < -0.4 is 5.62 Å². The Balaban J connectivity index is 3.13. The van der Waals surface area contributed by atoms with Gasteiger partial charge < -0.3 is 19.3 Å². The maximum atomic E-state index is 12.3. The van der Waals surface area contributed by atoms with Crippen molar-refractivity contribution in [1.82, 2.24) is 9.13 Å². The van der Waals surface area contributed by atoms with E-state index in [-0.39, 0.29) is 31.9 Å². The van der Waals surface area contributed by atoms with Crippen molar-refractivity contribution in [2.75, 3.05) is 13.2 Å². The van der Waals surface area contributed by atoms with E-state index in [1.165, 1.54) is 21.5 Å². The van der Waals surface area contributed by atoms with Gasteiger partial charge in [0.25, 0.3) is 0 Å². The van der Waals surface area contributed by atoms with Crippen LogP contribution in [0.1, 0.15) is 12.8 Å². The number of aromatic nitrogens is 2. The second kappa shape index (κ2) is 7.25. The average molecular weight is 295 g/mol. The molecule has 1 amide bonds. The van der Waals surface area contributed by atoms with Gasteiger partial charge >= 0.3 is 12.1 Å². The number of imidazole rings is 1. The summed E-state index contributed by atoms with van der Waals surface area (Å²) in [5.41, 5.74) is -0.144. The van der Waals surface area contributed by atoms with Gasteiger partial charge in [0.1, 0.15) is 0 Å². The lowest BCUT2D eigenvalue weighted by Gasteiger charge is -2.05. The van der Waals surface area contributed by atoms with Gasteiger partial charge in [-0.05, 0) is 12.8 Å². The van der Waals surface area contributed by atoms with Crippen molar-refractivity contribution in [2.45, 2.75) is 32.1 Å². The molecule has 0 aromatic carbocycles. The van der Waals surface area contributed by atoms with Crippen LogP contribution in [0.5, 0.6) is 0 Å². The summed E-state index contributed by atoms with van der Waals surface area (Å²) in [5.74, 6) is -2.18. The van der Waals surface area contributed by atoms with Gasteiger partial charge in [0.15, 0.2) is 0 Å². The van der Waals surface area contributed by atoms with Crippen LogP contribution in [-0.2, 0) is 17.9 Å². The highest BCUT2D eigenvalue weighted by Gasteiger charge is 2.38. The molecule has 6 nitrogen and oxygen atoms in total. The largest absolute Gasteiger partial charge is 0.473 e. The second-order valence-electron chi connectivity index (χ2n) is 4.05. The number of aryl methyl sites for hydroxylation is 2. The Kier molecular flexibility index (Phi) is 5.96. The first-order valence-electron chi connectivity index (χ1n) is 6.03. The van der Waals surface area contributed by atoms with E-state index >= 15 is 0 Å². The molecule has 0 saturated carbocycles. The van der Waals surface area contributed by atoms with Gasteiger partial charge in [0, 0.05) is 38.7 Å². The maximum Gasteiger partial charge on any atom is 0.473 e. The van der Waals surface area contributed by atoms with Crippen LogP contribution in [0.3, 0.4) is 0 Å². The van der Waals surface area contributed by atoms with Crippen molar-refractivity contribution >= 4 is 5.91 Å². The summed E-state index contributed by atoms with van der Waals surface area (Å²) in [6.07, 6.45) is -1.40. The number of carbonyl (C=O) groups is 1. The summed E-state index contributed by atoms with van der Waals surface area (Å²) in [5, 5.41) is 17.5. The molecule has 0 atom stereocenters. The summed E-state index contributed by atoms with van der Waals surface area (Å²) in [6, 6.07) is 0. The molecule has 0 aliphatic carbocycles. The van der Waals surface area contributed by atoms with Gasteiger partial charge in [-0.3, -0.25) is 4.79 Å². The van der Waals surface area contributed by atoms with Crippen molar-refractivity contribution in [3.8, 4) is 0 Å². The molecule has 114 valence electrons. The van der Waals surface area contributed by atoms with Crippen LogP contribution in [0.4, 0.5) is 13.2 Å². The Labute approximate surface area is 112 Å². The summed E-state index contributed by atoms with van der Waals surface area (Å²) in [6.45, 7) is 0.238. The molecule has 0 bridgehead atoms. The fraction of sp³-hybridized carbons (Fsp3) is 0.636. The first-order valence-corrected chi connectivity index (χ1v) is 6.03. The van der Waals surface area contributed by atoms with Crippen molar-refractivity contribution < 1.29 is 28.2 Å². The Bertz CT molecular complexity index is 476. The van der Waals surface area contributed by atoms with E-state index in [4.69, 9.17) is 10.2 Å². The number of hydrogen-bond acceptors (Lipinski definition) is 3. The number of aliphatic hydroxyl groups excluding tert-OH is 2. The molecule has 0 unspecified atom stereocenters. The monoisotopic (exact) mass is 295 g/mol. The quantitative estimate of drug-likeness (QED) is 0.778. The Morgan fingerprint density at radius 3 is 1.90 bits per heavy atom. The molecular formula is C11H16F3N3O3. The van der Waals surface area contributed by atoms with Gasteiger partial charge in [-0.1, -0.05) is 0 Å². The van der Waals surface area contributed by atoms with E-state index < -0.39 is 12.1 Å². The summed E-state index contributed by atoms with van der Waals surface area (Å²) >= 11 is 0. The van der Waals surface area contributed by atoms with E-state index in [0.717, 1.165) is 0 Å². The highest BCUT2D eigenvalue weighted by Crippen LogP contribution is 2.15. The predicted molar refractivity (Wildman–Crippen MR) is 62.5 cm³/mol. The number of amides is 1. The summed E-state index contributed by atoms with van der Waals surface area (Å²) in [7, 11) is 0. The van der Waals surface area contributed by atoms with Gasteiger partial charge in [-0.25, -0.2) is 0 Å². The van der Waals surface area contributed by atoms with Gasteiger partial charge in [-0.15, -0.1) is 0 Å². The first kappa shape index (κ1) is 16.4. The first-order chi connectivity index (χ1) is 9.40. The Hall–Kier alpha value is -1.61. The highest BCUT2D eigenvalue weighted by molar-refractivity contribution is 5.82. The molecular weight excluding hydrogens is 279 g/mol. The molecule has 0 fully saturated rings. The standard InChI is InChI=1S/C11H16F3N3O3/c12-11(13,14)9(20)15-10-16(3-1-7-18)5-6-17(10)4-2-8-19/h5-6,18-19H,1-4,7-8H2. The van der Waals surface area contributed by atoms with Crippen molar-refractivity contribution in [1.29, 1.82) is 0 Å². The van der Waals surface area contributed by atoms with Crippen LogP contribution in [0, 0.1) is 0 Å². The molecule has 1 heterocycles. The van der Waals surface area contributed by atoms with Crippen molar-refractivity contribution in [3.63, 3.8) is 0 Å². The number of halogens is 3. The van der Waals surface area contributed by atoms with Crippen LogP contribution in [0.2, 0.25) is 0 Å². The lowest BCUT2D eigenvalue weighted by atomic mass is 10.4. The van der Waals surface area contributed by atoms with Crippen LogP contribution in [0.25, 0.3) is 0 Å². The van der Waals surface area contributed by atoms with Crippen LogP contribution in [-0.4, -0.2) is 44.6 Å². The molecule has 0 aliphatic rings. The fourth-order valence-electron chi connectivity index (χ4n) is 1.57. The van der Waals surface area contributed by atoms with E-state index in [1.54, 1.807) is 0 Å². The van der Waals surface area contributed by atoms with E-state index in [9.17, 15) is 18.0 Å². The van der Waals surface area contributed by atoms with Crippen molar-refractivity contribution in [3.05, 3.63) is 18.0 Å². The van der Waals surface area contributed by atoms with E-state index in [1.807, 2.05) is 0 Å². The zero-order valence-corrected chi connectivity index (χ0v) is 10.7. The van der Waals surface area contributed by atoms with Crippen molar-refractivity contribution in [2.24, 2.45) is 4.99 Å². The minimum atomic E-state index is -5.03. The van der Waals surface area contributed by atoms with Gasteiger partial charge in [0.2, 0.25) is 5.62 Å². The average Bonchev–Trinajstić information content (AvgIpc) is 2.75. The molecule has 0 saturated heterocycles. The third-order valence-corrected chi connectivity index (χ3v) is 2.50. The van der Waals surface area contributed by atoms with E-state index in [0.29, 0.717) is 12.8 Å². The third kappa shape index (κ3) is 4.49. The van der Waals surface area contributed by atoms with Gasteiger partial charge in [-0.2, -0.15) is 18.2 Å². The van der Waals surface area contributed by atoms with Gasteiger partial charge in [0.05, 0.1) is 0 Å². The minimum absolute atomic E-state index is 0.124. The number of carbonyl (C=O) groups excluding carboxylic acids is 1. The molecule has 0 radical (unpaired) electrons. The second-order valence-corrected chi connectivity index (χ2v) is 4.05. The summed E-state index contributed by atoms with van der Waals surface area (Å²) in [4.78, 5) is 14.1. The number of nitrogens with zero attached hydrogens (tertiary/aromatic N) is 3. The van der Waals surface area contributed by atoms with E-state index in [2.05, 4.69) is 4.99 Å². The van der Waals surface area contributed by atoms with Crippen LogP contribution >= 0.6 is 0 Å². The normalized spacial score (nSPS) is 11.7. The van der Waals surface area contributed by atoms with Crippen LogP contribution in [0.15, 0.2) is 17.4 Å². The number of alkyl halides is 3. The Morgan fingerprint density at radius 1 is 1.10 bits per heavy atom. The zero-order chi connectivity index (χ0) is 15.2. The zero-order valence-electron chi connectivity index (χ0n) is 10.7. The summed E-state index contributed by atoms with van der Waals surface area (Å²) < 4.78 is 39.5.